The number of hydrogen-bond donors (Lipinski definition) is 4. The minimum atomic E-state index is -1.05. The Balaban J connectivity index is 0.797. The molecular weight excluding hydrogens is 915 g/mol. The number of nitrogens with zero attached hydrogens (tertiary/aromatic N) is 8. The lowest BCUT2D eigenvalue weighted by Crippen LogP contribution is -2.58. The number of fused-ring (bicyclic) bond motifs is 1. The predicted octanol–water partition coefficient (Wildman–Crippen LogP) is 4.46. The number of amides is 4. The van der Waals surface area contributed by atoms with Crippen LogP contribution in [0.15, 0.2) is 59.1 Å². The lowest BCUT2D eigenvalue weighted by molar-refractivity contribution is -0.145. The number of pyridine rings is 2. The first-order valence-electron chi connectivity index (χ1n) is 23.8. The van der Waals surface area contributed by atoms with Crippen LogP contribution < -0.4 is 26.4 Å². The number of nitrogens with one attached hydrogen (secondary N) is 3. The molecule has 2 saturated heterocycles. The van der Waals surface area contributed by atoms with Crippen LogP contribution in [0.5, 0.6) is 0 Å². The minimum Gasteiger partial charge on any atom is -0.391 e. The van der Waals surface area contributed by atoms with Gasteiger partial charge >= 0.3 is 0 Å². The number of likely N-dealkylation sites (tertiary alicyclic amines) is 1. The van der Waals surface area contributed by atoms with E-state index in [1.165, 1.54) is 11.8 Å². The number of rotatable bonds is 15. The van der Waals surface area contributed by atoms with E-state index in [0.717, 1.165) is 53.1 Å². The van der Waals surface area contributed by atoms with Crippen molar-refractivity contribution in [2.75, 3.05) is 56.2 Å². The summed E-state index contributed by atoms with van der Waals surface area (Å²) < 4.78 is 7.24. The average Bonchev–Trinajstić information content (AvgIpc) is 4.12. The third kappa shape index (κ3) is 11.0. The van der Waals surface area contributed by atoms with E-state index in [1.54, 1.807) is 66.4 Å². The van der Waals surface area contributed by atoms with Gasteiger partial charge in [-0.2, -0.15) is 4.98 Å². The van der Waals surface area contributed by atoms with Gasteiger partial charge in [0.25, 0.3) is 5.56 Å². The number of aryl methyl sites for hydroxylation is 2. The fourth-order valence-electron chi connectivity index (χ4n) is 9.59. The maximum atomic E-state index is 14.1. The van der Waals surface area contributed by atoms with E-state index in [4.69, 9.17) is 9.72 Å². The van der Waals surface area contributed by atoms with Gasteiger partial charge in [0.1, 0.15) is 36.8 Å². The number of Topliss-reactive ketones (excluding diaryl/α,β-unsaturated/α-hetero) is 1. The molecule has 1 aromatic carbocycles. The summed E-state index contributed by atoms with van der Waals surface area (Å²) in [5.74, 6) is -1.27. The van der Waals surface area contributed by atoms with Gasteiger partial charge in [0.05, 0.1) is 39.6 Å². The molecule has 70 heavy (non-hydrogen) atoms. The zero-order valence-corrected chi connectivity index (χ0v) is 41.3. The van der Waals surface area contributed by atoms with Crippen molar-refractivity contribution in [2.45, 2.75) is 104 Å². The number of piperazine rings is 1. The molecule has 4 N–H and O–H groups in total. The molecular formula is C50H61N11O8S. The zero-order chi connectivity index (χ0) is 49.9. The summed E-state index contributed by atoms with van der Waals surface area (Å²) in [5, 5.41) is 20.1. The number of anilines is 3. The average molecular weight is 976 g/mol. The van der Waals surface area contributed by atoms with Gasteiger partial charge in [-0.3, -0.25) is 33.3 Å². The Kier molecular flexibility index (Phi) is 15.0. The van der Waals surface area contributed by atoms with Crippen LogP contribution in [0.1, 0.15) is 93.0 Å². The van der Waals surface area contributed by atoms with Gasteiger partial charge in [0, 0.05) is 63.3 Å². The number of carbonyl (C=O) groups is 5. The second kappa shape index (κ2) is 21.2. The summed E-state index contributed by atoms with van der Waals surface area (Å²) in [5.41, 5.74) is 5.68. The molecule has 0 unspecified atom stereocenters. The Bertz CT molecular complexity index is 2810. The number of benzene rings is 1. The Labute approximate surface area is 410 Å². The van der Waals surface area contributed by atoms with Gasteiger partial charge in [-0.1, -0.05) is 57.9 Å². The molecule has 370 valence electrons. The van der Waals surface area contributed by atoms with Crippen molar-refractivity contribution in [3.05, 3.63) is 87.0 Å². The molecule has 8 rings (SSSR count). The van der Waals surface area contributed by atoms with Crippen molar-refractivity contribution < 1.29 is 33.8 Å². The second-order valence-electron chi connectivity index (χ2n) is 19.4. The number of hydrogen-bond acceptors (Lipinski definition) is 15. The van der Waals surface area contributed by atoms with Gasteiger partial charge in [-0.05, 0) is 67.9 Å². The molecule has 6 heterocycles. The molecule has 19 nitrogen and oxygen atoms in total. The van der Waals surface area contributed by atoms with E-state index in [1.807, 2.05) is 43.3 Å². The fraction of sp³-hybridized carbons (Fsp3) is 0.480. The van der Waals surface area contributed by atoms with Crippen molar-refractivity contribution in [1.82, 2.24) is 44.9 Å². The maximum absolute atomic E-state index is 14.1. The summed E-state index contributed by atoms with van der Waals surface area (Å²) in [6.07, 6.45) is 6.22. The number of aliphatic hydroxyl groups excluding tert-OH is 1. The summed E-state index contributed by atoms with van der Waals surface area (Å²) in [7, 11) is 0. The number of carbonyl (C=O) groups excluding carboxylic acids is 5. The monoisotopic (exact) mass is 975 g/mol. The minimum absolute atomic E-state index is 0.0363. The molecule has 1 saturated carbocycles. The van der Waals surface area contributed by atoms with Gasteiger partial charge in [0.15, 0.2) is 5.78 Å². The molecule has 4 aromatic heterocycles. The van der Waals surface area contributed by atoms with Crippen LogP contribution in [0.3, 0.4) is 0 Å². The fourth-order valence-corrected chi connectivity index (χ4v) is 10.4. The maximum Gasteiger partial charge on any atom is 0.263 e. The Morgan fingerprint density at radius 3 is 2.30 bits per heavy atom. The number of aromatic nitrogens is 5. The normalized spacial score (nSPS) is 18.0. The highest BCUT2D eigenvalue weighted by Gasteiger charge is 2.44. The first-order chi connectivity index (χ1) is 33.5. The second-order valence-corrected chi connectivity index (χ2v) is 20.3. The van der Waals surface area contributed by atoms with E-state index in [-0.39, 0.29) is 60.9 Å². The van der Waals surface area contributed by atoms with Crippen molar-refractivity contribution in [2.24, 2.45) is 5.41 Å². The Morgan fingerprint density at radius 1 is 0.929 bits per heavy atom. The lowest BCUT2D eigenvalue weighted by atomic mass is 9.85. The standard InChI is InChI=1S/C50H61N11O8S/c1-29-37-24-53-49(57-45(37)61(34-9-7-8-10-34)47(67)42(29)31(3)62)55-39-16-15-35(23-51-39)58-17-19-59(20-18-58)41(65)27-69-26-40(64)56-44(50(4,5)6)48(68)60-25-36(63)21-38(60)46(66)52-22-32-11-13-33(14-12-32)43-30(2)54-28-70-43/h11-16,23-24,28,34,36,38,44,63H,7-10,17-22,25-27H2,1-6H3,(H,52,66)(H,56,64)(H,51,53,55,57)/t36-,38+,44-/m1/s1. The number of ether oxygens (including phenoxy) is 1. The van der Waals surface area contributed by atoms with Crippen LogP contribution in [-0.2, 0) is 30.5 Å². The van der Waals surface area contributed by atoms with Crippen molar-refractivity contribution in [3.63, 3.8) is 0 Å². The molecule has 20 heteroatoms. The van der Waals surface area contributed by atoms with Gasteiger partial charge in [-0.15, -0.1) is 11.3 Å². The van der Waals surface area contributed by atoms with E-state index in [2.05, 4.69) is 35.8 Å². The molecule has 0 radical (unpaired) electrons. The molecule has 3 atom stereocenters. The SMILES string of the molecule is CC(=O)c1c(C)c2cnc(Nc3ccc(N4CCN(C(=O)COCC(=O)N[C@H](C(=O)N5C[C@H](O)C[C@H]5C(=O)NCc5ccc(-c6scnc6C)cc5)C(C)(C)C)CC4)cn3)nc2n(C2CCCC2)c1=O. The van der Waals surface area contributed by atoms with Crippen LogP contribution in [0, 0.1) is 19.3 Å². The quantitative estimate of drug-likeness (QED) is 0.106. The highest BCUT2D eigenvalue weighted by atomic mass is 32.1. The van der Waals surface area contributed by atoms with Gasteiger partial charge < -0.3 is 40.5 Å². The van der Waals surface area contributed by atoms with Crippen LogP contribution in [0.2, 0.25) is 0 Å². The van der Waals surface area contributed by atoms with Gasteiger partial charge in [0.2, 0.25) is 29.6 Å². The molecule has 5 aromatic rings. The van der Waals surface area contributed by atoms with Crippen molar-refractivity contribution in [3.8, 4) is 10.4 Å². The molecule has 3 aliphatic rings. The summed E-state index contributed by atoms with van der Waals surface area (Å²) in [6, 6.07) is 9.52. The van der Waals surface area contributed by atoms with E-state index in [0.29, 0.717) is 48.6 Å². The molecule has 0 spiro atoms. The number of ketones is 1. The molecule has 1 aliphatic carbocycles. The van der Waals surface area contributed by atoms with Crippen molar-refractivity contribution >= 4 is 69.2 Å². The van der Waals surface area contributed by atoms with E-state index < -0.39 is 47.9 Å². The predicted molar refractivity (Wildman–Crippen MR) is 265 cm³/mol. The van der Waals surface area contributed by atoms with Crippen LogP contribution in [0.25, 0.3) is 21.5 Å². The highest BCUT2D eigenvalue weighted by molar-refractivity contribution is 7.13. The zero-order valence-electron chi connectivity index (χ0n) is 40.5. The third-order valence-corrected chi connectivity index (χ3v) is 14.4. The highest BCUT2D eigenvalue weighted by Crippen LogP contribution is 2.33. The first-order valence-corrected chi connectivity index (χ1v) is 24.7. The van der Waals surface area contributed by atoms with E-state index >= 15 is 0 Å². The van der Waals surface area contributed by atoms with Crippen LogP contribution >= 0.6 is 11.3 Å². The summed E-state index contributed by atoms with van der Waals surface area (Å²) in [4.78, 5) is 104. The summed E-state index contributed by atoms with van der Waals surface area (Å²) >= 11 is 1.56. The topological polar surface area (TPSA) is 234 Å². The summed E-state index contributed by atoms with van der Waals surface area (Å²) in [6.45, 7) is 11.8. The van der Waals surface area contributed by atoms with E-state index in [9.17, 15) is 33.9 Å². The molecule has 4 amide bonds. The van der Waals surface area contributed by atoms with Crippen LogP contribution in [0.4, 0.5) is 17.5 Å². The first kappa shape index (κ1) is 49.8. The molecule has 0 bridgehead atoms. The number of aliphatic hydroxyl groups is 1. The lowest BCUT2D eigenvalue weighted by Gasteiger charge is -2.36. The Morgan fingerprint density at radius 2 is 1.66 bits per heavy atom. The Hall–Kier alpha value is -6.64. The number of β-amino-alcohol motifs (C(OH)–C–C–N with tert-alkyl or cyclic N) is 1. The molecule has 3 fully saturated rings. The van der Waals surface area contributed by atoms with Crippen molar-refractivity contribution in [1.29, 1.82) is 0 Å². The molecule has 2 aliphatic heterocycles. The number of thiazole rings is 1. The van der Waals surface area contributed by atoms with Gasteiger partial charge in [-0.25, -0.2) is 15.0 Å². The smallest absolute Gasteiger partial charge is 0.263 e. The third-order valence-electron chi connectivity index (χ3n) is 13.4. The largest absolute Gasteiger partial charge is 0.391 e. The van der Waals surface area contributed by atoms with Crippen LogP contribution in [-0.4, -0.2) is 133 Å².